The molecule has 6 heteroatoms. The molecule has 0 N–H and O–H groups in total. The van der Waals surface area contributed by atoms with Crippen LogP contribution in [0.2, 0.25) is 0 Å². The van der Waals surface area contributed by atoms with E-state index < -0.39 is 0 Å². The standard InChI is InChI=1S/C28H33N5O/c1-20(2)33-31-26(30-32-33)21-10-12-22(13-11-21)28(6,27(3,4)5)23-14-16-25(17-15-23)34-19-24-9-7-8-18-29-24/h7-18,20H,19H2,1-6H3. The summed E-state index contributed by atoms with van der Waals surface area (Å²) in [6, 6.07) is 23.0. The van der Waals surface area contributed by atoms with Crippen molar-refractivity contribution in [3.63, 3.8) is 0 Å². The van der Waals surface area contributed by atoms with Crippen molar-refractivity contribution in [2.45, 2.75) is 59.6 Å². The lowest BCUT2D eigenvalue weighted by Crippen LogP contribution is -2.38. The van der Waals surface area contributed by atoms with Crippen molar-refractivity contribution in [1.82, 2.24) is 25.2 Å². The van der Waals surface area contributed by atoms with Crippen LogP contribution in [0.5, 0.6) is 5.75 Å². The Balaban J connectivity index is 1.59. The number of hydrogen-bond donors (Lipinski definition) is 0. The van der Waals surface area contributed by atoms with Gasteiger partial charge >= 0.3 is 0 Å². The number of nitrogens with zero attached hydrogens (tertiary/aromatic N) is 5. The topological polar surface area (TPSA) is 65.7 Å². The summed E-state index contributed by atoms with van der Waals surface area (Å²) in [5.41, 5.74) is 4.11. The van der Waals surface area contributed by atoms with Gasteiger partial charge < -0.3 is 4.74 Å². The zero-order valence-corrected chi connectivity index (χ0v) is 20.9. The molecular weight excluding hydrogens is 422 g/mol. The van der Waals surface area contributed by atoms with E-state index in [2.05, 4.69) is 84.5 Å². The summed E-state index contributed by atoms with van der Waals surface area (Å²) in [7, 11) is 0. The highest BCUT2D eigenvalue weighted by atomic mass is 16.5. The van der Waals surface area contributed by atoms with Gasteiger partial charge in [0.1, 0.15) is 12.4 Å². The minimum absolute atomic E-state index is 0.0239. The molecule has 2 aromatic carbocycles. The average molecular weight is 456 g/mol. The number of hydrogen-bond acceptors (Lipinski definition) is 5. The maximum atomic E-state index is 5.95. The summed E-state index contributed by atoms with van der Waals surface area (Å²) in [5.74, 6) is 1.48. The fourth-order valence-corrected chi connectivity index (χ4v) is 4.07. The second-order valence-electron chi connectivity index (χ2n) is 10.1. The van der Waals surface area contributed by atoms with Crippen LogP contribution < -0.4 is 4.74 Å². The van der Waals surface area contributed by atoms with Gasteiger partial charge in [-0.05, 0) is 59.9 Å². The molecule has 2 aromatic heterocycles. The van der Waals surface area contributed by atoms with Crippen LogP contribution in [-0.4, -0.2) is 25.2 Å². The normalized spacial score (nSPS) is 13.6. The number of rotatable bonds is 7. The number of pyridine rings is 1. The monoisotopic (exact) mass is 455 g/mol. The van der Waals surface area contributed by atoms with E-state index in [1.165, 1.54) is 11.1 Å². The molecule has 1 atom stereocenters. The van der Waals surface area contributed by atoms with E-state index in [4.69, 9.17) is 4.74 Å². The first-order valence-electron chi connectivity index (χ1n) is 11.7. The van der Waals surface area contributed by atoms with Crippen molar-refractivity contribution in [3.8, 4) is 17.1 Å². The van der Waals surface area contributed by atoms with E-state index in [0.29, 0.717) is 12.4 Å². The molecule has 0 saturated heterocycles. The molecule has 0 aliphatic heterocycles. The average Bonchev–Trinajstić information content (AvgIpc) is 3.33. The molecule has 0 saturated carbocycles. The summed E-state index contributed by atoms with van der Waals surface area (Å²) >= 11 is 0. The summed E-state index contributed by atoms with van der Waals surface area (Å²) in [6.45, 7) is 13.7. The van der Waals surface area contributed by atoms with Crippen LogP contribution in [0.15, 0.2) is 72.9 Å². The molecule has 2 heterocycles. The van der Waals surface area contributed by atoms with E-state index in [9.17, 15) is 0 Å². The molecule has 0 radical (unpaired) electrons. The largest absolute Gasteiger partial charge is 0.487 e. The summed E-state index contributed by atoms with van der Waals surface area (Å²) in [6.07, 6.45) is 1.78. The minimum Gasteiger partial charge on any atom is -0.487 e. The fourth-order valence-electron chi connectivity index (χ4n) is 4.07. The summed E-state index contributed by atoms with van der Waals surface area (Å²) in [4.78, 5) is 5.96. The molecule has 0 aliphatic carbocycles. The Bertz CT molecular complexity index is 1210. The van der Waals surface area contributed by atoms with Gasteiger partial charge in [0.2, 0.25) is 5.82 Å². The Morgan fingerprint density at radius 2 is 1.50 bits per heavy atom. The first-order chi connectivity index (χ1) is 16.2. The first kappa shape index (κ1) is 23.6. The van der Waals surface area contributed by atoms with Gasteiger partial charge in [-0.3, -0.25) is 4.98 Å². The Labute approximate surface area is 202 Å². The third kappa shape index (κ3) is 4.72. The predicted molar refractivity (Wildman–Crippen MR) is 135 cm³/mol. The Hall–Kier alpha value is -3.54. The van der Waals surface area contributed by atoms with Gasteiger partial charge in [-0.25, -0.2) is 0 Å². The van der Waals surface area contributed by atoms with Crippen molar-refractivity contribution in [2.24, 2.45) is 5.41 Å². The lowest BCUT2D eigenvalue weighted by molar-refractivity contribution is 0.248. The minimum atomic E-state index is -0.214. The van der Waals surface area contributed by atoms with Crippen molar-refractivity contribution in [3.05, 3.63) is 89.7 Å². The third-order valence-corrected chi connectivity index (χ3v) is 6.66. The molecule has 176 valence electrons. The maximum Gasteiger partial charge on any atom is 0.204 e. The van der Waals surface area contributed by atoms with E-state index in [1.54, 1.807) is 11.0 Å². The molecule has 6 nitrogen and oxygen atoms in total. The van der Waals surface area contributed by atoms with Crippen molar-refractivity contribution in [1.29, 1.82) is 0 Å². The van der Waals surface area contributed by atoms with E-state index in [0.717, 1.165) is 17.0 Å². The Morgan fingerprint density at radius 3 is 2.03 bits per heavy atom. The SMILES string of the molecule is CC(C)n1nnc(-c2ccc(C(C)(c3ccc(OCc4ccccn4)cc3)C(C)(C)C)cc2)n1. The van der Waals surface area contributed by atoms with Crippen LogP contribution in [0.3, 0.4) is 0 Å². The fraction of sp³-hybridized carbons (Fsp3) is 0.357. The van der Waals surface area contributed by atoms with Crippen LogP contribution >= 0.6 is 0 Å². The van der Waals surface area contributed by atoms with Gasteiger partial charge in [-0.1, -0.05) is 70.2 Å². The molecule has 0 aliphatic rings. The maximum absolute atomic E-state index is 5.95. The van der Waals surface area contributed by atoms with E-state index >= 15 is 0 Å². The molecule has 0 amide bonds. The highest BCUT2D eigenvalue weighted by molar-refractivity contribution is 5.56. The van der Waals surface area contributed by atoms with Gasteiger partial charge in [-0.2, -0.15) is 4.80 Å². The molecule has 0 spiro atoms. The van der Waals surface area contributed by atoms with Crippen molar-refractivity contribution < 1.29 is 4.74 Å². The Morgan fingerprint density at radius 1 is 0.853 bits per heavy atom. The molecule has 4 rings (SSSR count). The van der Waals surface area contributed by atoms with Crippen molar-refractivity contribution in [2.75, 3.05) is 0 Å². The van der Waals surface area contributed by atoms with Gasteiger partial charge in [0, 0.05) is 17.2 Å². The van der Waals surface area contributed by atoms with Crippen LogP contribution in [0.25, 0.3) is 11.4 Å². The highest BCUT2D eigenvalue weighted by Crippen LogP contribution is 2.47. The first-order valence-corrected chi connectivity index (χ1v) is 11.7. The van der Waals surface area contributed by atoms with Gasteiger partial charge in [0.15, 0.2) is 0 Å². The smallest absolute Gasteiger partial charge is 0.204 e. The van der Waals surface area contributed by atoms with E-state index in [1.807, 2.05) is 44.2 Å². The molecule has 0 bridgehead atoms. The van der Waals surface area contributed by atoms with E-state index in [-0.39, 0.29) is 16.9 Å². The Kier molecular flexibility index (Phi) is 6.51. The second kappa shape index (κ2) is 9.37. The van der Waals surface area contributed by atoms with Gasteiger partial charge in [0.05, 0.1) is 11.7 Å². The zero-order valence-electron chi connectivity index (χ0n) is 20.9. The van der Waals surface area contributed by atoms with Crippen molar-refractivity contribution >= 4 is 0 Å². The van der Waals surface area contributed by atoms with Crippen LogP contribution in [0.1, 0.15) is 64.4 Å². The molecule has 4 aromatic rings. The zero-order chi connectivity index (χ0) is 24.3. The summed E-state index contributed by atoms with van der Waals surface area (Å²) in [5, 5.41) is 12.9. The number of ether oxygens (including phenoxy) is 1. The van der Waals surface area contributed by atoms with Crippen LogP contribution in [0, 0.1) is 5.41 Å². The highest BCUT2D eigenvalue weighted by Gasteiger charge is 2.40. The third-order valence-electron chi connectivity index (χ3n) is 6.66. The molecule has 1 unspecified atom stereocenters. The molecule has 0 fully saturated rings. The lowest BCUT2D eigenvalue weighted by Gasteiger charge is -2.43. The number of aromatic nitrogens is 5. The summed E-state index contributed by atoms with van der Waals surface area (Å²) < 4.78 is 5.95. The lowest BCUT2D eigenvalue weighted by atomic mass is 9.60. The number of tetrazole rings is 1. The van der Waals surface area contributed by atoms with Gasteiger partial charge in [-0.15, -0.1) is 10.2 Å². The van der Waals surface area contributed by atoms with Gasteiger partial charge in [0.25, 0.3) is 0 Å². The molecule has 34 heavy (non-hydrogen) atoms. The molecular formula is C28H33N5O. The number of benzene rings is 2. The van der Waals surface area contributed by atoms with Crippen LogP contribution in [-0.2, 0) is 12.0 Å². The second-order valence-corrected chi connectivity index (χ2v) is 10.1. The van der Waals surface area contributed by atoms with Crippen LogP contribution in [0.4, 0.5) is 0 Å². The predicted octanol–water partition coefficient (Wildman–Crippen LogP) is 6.25. The quantitative estimate of drug-likeness (QED) is 0.330.